The molecule has 1 atom stereocenters. The van der Waals surface area contributed by atoms with E-state index in [1.807, 2.05) is 0 Å². The summed E-state index contributed by atoms with van der Waals surface area (Å²) in [6.07, 6.45) is 4.45. The van der Waals surface area contributed by atoms with Crippen molar-refractivity contribution < 1.29 is 14.1 Å². The van der Waals surface area contributed by atoms with Gasteiger partial charge in [0.25, 0.3) is 5.69 Å². The fraction of sp³-hybridized carbons (Fsp3) is 0.533. The lowest BCUT2D eigenvalue weighted by molar-refractivity contribution is -0.384. The number of Topliss-reactive ketones (excluding diaryl/α,β-unsaturated/α-hetero) is 1. The molecule has 0 N–H and O–H groups in total. The van der Waals surface area contributed by atoms with Crippen molar-refractivity contribution in [3.8, 4) is 0 Å². The quantitative estimate of drug-likeness (QED) is 0.606. The molecule has 2 rings (SSSR count). The molecule has 1 unspecified atom stereocenters. The van der Waals surface area contributed by atoms with E-state index in [0.29, 0.717) is 0 Å². The monoisotopic (exact) mass is 279 g/mol. The molecule has 0 heterocycles. The number of hydrogen-bond acceptors (Lipinski definition) is 3. The van der Waals surface area contributed by atoms with Gasteiger partial charge in [-0.1, -0.05) is 25.7 Å². The molecule has 5 heteroatoms. The van der Waals surface area contributed by atoms with E-state index in [-0.39, 0.29) is 23.6 Å². The highest BCUT2D eigenvalue weighted by molar-refractivity contribution is 5.88. The van der Waals surface area contributed by atoms with Gasteiger partial charge < -0.3 is 0 Å². The van der Waals surface area contributed by atoms with Crippen LogP contribution in [0, 0.1) is 16.0 Å². The van der Waals surface area contributed by atoms with Crippen LogP contribution in [-0.4, -0.2) is 10.7 Å². The molecule has 0 aliphatic heterocycles. The standard InChI is InChI=1S/C15H18FNO3/c1-15(16,14(18)10-11-4-2-3-5-11)12-6-8-13(9-7-12)17(19)20/h6-9,11H,2-5,10H2,1H3. The Morgan fingerprint density at radius 3 is 2.40 bits per heavy atom. The molecule has 1 aliphatic carbocycles. The fourth-order valence-corrected chi connectivity index (χ4v) is 2.73. The van der Waals surface area contributed by atoms with Crippen LogP contribution in [0.4, 0.5) is 10.1 Å². The van der Waals surface area contributed by atoms with Crippen molar-refractivity contribution in [1.29, 1.82) is 0 Å². The summed E-state index contributed by atoms with van der Waals surface area (Å²) in [4.78, 5) is 22.2. The van der Waals surface area contributed by atoms with Gasteiger partial charge in [-0.05, 0) is 30.5 Å². The van der Waals surface area contributed by atoms with Crippen molar-refractivity contribution in [1.82, 2.24) is 0 Å². The minimum Gasteiger partial charge on any atom is -0.296 e. The van der Waals surface area contributed by atoms with Crippen LogP contribution >= 0.6 is 0 Å². The molecular weight excluding hydrogens is 261 g/mol. The number of alkyl halides is 1. The average Bonchev–Trinajstić information content (AvgIpc) is 2.91. The Labute approximate surface area is 117 Å². The number of non-ortho nitro benzene ring substituents is 1. The Morgan fingerprint density at radius 1 is 1.35 bits per heavy atom. The first-order chi connectivity index (χ1) is 9.41. The van der Waals surface area contributed by atoms with Gasteiger partial charge in [-0.25, -0.2) is 4.39 Å². The number of halogens is 1. The van der Waals surface area contributed by atoms with Gasteiger partial charge in [-0.15, -0.1) is 0 Å². The summed E-state index contributed by atoms with van der Waals surface area (Å²) in [5, 5.41) is 10.6. The molecule has 20 heavy (non-hydrogen) atoms. The van der Waals surface area contributed by atoms with Crippen molar-refractivity contribution in [3.05, 3.63) is 39.9 Å². The molecule has 0 bridgehead atoms. The highest BCUT2D eigenvalue weighted by Crippen LogP contribution is 2.34. The number of rotatable bonds is 5. The minimum atomic E-state index is -2.07. The van der Waals surface area contributed by atoms with E-state index in [1.54, 1.807) is 0 Å². The smallest absolute Gasteiger partial charge is 0.269 e. The van der Waals surface area contributed by atoms with Crippen molar-refractivity contribution in [3.63, 3.8) is 0 Å². The van der Waals surface area contributed by atoms with Gasteiger partial charge in [0.15, 0.2) is 11.5 Å². The van der Waals surface area contributed by atoms with E-state index < -0.39 is 16.4 Å². The summed E-state index contributed by atoms with van der Waals surface area (Å²) in [5.74, 6) is -0.145. The Hall–Kier alpha value is -1.78. The molecule has 1 aromatic rings. The maximum absolute atomic E-state index is 14.7. The Kier molecular flexibility index (Phi) is 4.16. The third kappa shape index (κ3) is 3.03. The summed E-state index contributed by atoms with van der Waals surface area (Å²) in [6, 6.07) is 5.11. The molecule has 0 amide bonds. The molecule has 0 saturated heterocycles. The summed E-state index contributed by atoms with van der Waals surface area (Å²) in [5.41, 5.74) is -1.99. The summed E-state index contributed by atoms with van der Waals surface area (Å²) in [6.45, 7) is 1.24. The molecule has 1 fully saturated rings. The highest BCUT2D eigenvalue weighted by atomic mass is 19.1. The fourth-order valence-electron chi connectivity index (χ4n) is 2.73. The highest BCUT2D eigenvalue weighted by Gasteiger charge is 2.36. The molecular formula is C15H18FNO3. The van der Waals surface area contributed by atoms with Crippen molar-refractivity contribution in [2.24, 2.45) is 5.92 Å². The van der Waals surface area contributed by atoms with E-state index in [4.69, 9.17) is 0 Å². The van der Waals surface area contributed by atoms with Gasteiger partial charge in [0, 0.05) is 18.6 Å². The Bertz CT molecular complexity index is 504. The molecule has 0 radical (unpaired) electrons. The second-order valence-corrected chi connectivity index (χ2v) is 5.58. The van der Waals surface area contributed by atoms with Gasteiger partial charge in [-0.2, -0.15) is 0 Å². The van der Waals surface area contributed by atoms with E-state index >= 15 is 0 Å². The van der Waals surface area contributed by atoms with Crippen LogP contribution in [0.15, 0.2) is 24.3 Å². The largest absolute Gasteiger partial charge is 0.296 e. The number of nitro groups is 1. The molecule has 1 saturated carbocycles. The van der Waals surface area contributed by atoms with Crippen LogP contribution in [-0.2, 0) is 10.5 Å². The van der Waals surface area contributed by atoms with Crippen molar-refractivity contribution in [2.45, 2.75) is 44.7 Å². The number of nitrogens with zero attached hydrogens (tertiary/aromatic N) is 1. The lowest BCUT2D eigenvalue weighted by Crippen LogP contribution is -2.28. The van der Waals surface area contributed by atoms with Crippen LogP contribution < -0.4 is 0 Å². The topological polar surface area (TPSA) is 60.2 Å². The maximum Gasteiger partial charge on any atom is 0.269 e. The number of hydrogen-bond donors (Lipinski definition) is 0. The third-order valence-electron chi connectivity index (χ3n) is 4.09. The second-order valence-electron chi connectivity index (χ2n) is 5.58. The van der Waals surface area contributed by atoms with Crippen LogP contribution in [0.5, 0.6) is 0 Å². The average molecular weight is 279 g/mol. The molecule has 108 valence electrons. The van der Waals surface area contributed by atoms with Crippen molar-refractivity contribution >= 4 is 11.5 Å². The zero-order chi connectivity index (χ0) is 14.8. The lowest BCUT2D eigenvalue weighted by atomic mass is 9.87. The number of carbonyl (C=O) groups is 1. The first-order valence-electron chi connectivity index (χ1n) is 6.88. The number of benzene rings is 1. The Morgan fingerprint density at radius 2 is 1.90 bits per heavy atom. The third-order valence-corrected chi connectivity index (χ3v) is 4.09. The van der Waals surface area contributed by atoms with Gasteiger partial charge in [0.2, 0.25) is 0 Å². The molecule has 0 aromatic heterocycles. The first kappa shape index (κ1) is 14.6. The van der Waals surface area contributed by atoms with Crippen LogP contribution in [0.25, 0.3) is 0 Å². The maximum atomic E-state index is 14.7. The van der Waals surface area contributed by atoms with E-state index in [0.717, 1.165) is 25.7 Å². The first-order valence-corrected chi connectivity index (χ1v) is 6.88. The lowest BCUT2D eigenvalue weighted by Gasteiger charge is -2.21. The SMILES string of the molecule is CC(F)(C(=O)CC1CCCC1)c1ccc([N+](=O)[O-])cc1. The number of carbonyl (C=O) groups excluding carboxylic acids is 1. The predicted molar refractivity (Wildman–Crippen MR) is 73.1 cm³/mol. The summed E-state index contributed by atoms with van der Waals surface area (Å²) < 4.78 is 14.7. The predicted octanol–water partition coefficient (Wildman–Crippen LogP) is 3.93. The molecule has 4 nitrogen and oxygen atoms in total. The number of ketones is 1. The van der Waals surface area contributed by atoms with Gasteiger partial charge in [0.05, 0.1) is 4.92 Å². The van der Waals surface area contributed by atoms with Crippen LogP contribution in [0.3, 0.4) is 0 Å². The normalized spacial score (nSPS) is 18.7. The van der Waals surface area contributed by atoms with Crippen LogP contribution in [0.2, 0.25) is 0 Å². The zero-order valence-electron chi connectivity index (χ0n) is 11.5. The zero-order valence-corrected chi connectivity index (χ0v) is 11.5. The molecule has 0 spiro atoms. The molecule has 1 aromatic carbocycles. The van der Waals surface area contributed by atoms with Crippen molar-refractivity contribution in [2.75, 3.05) is 0 Å². The van der Waals surface area contributed by atoms with E-state index in [2.05, 4.69) is 0 Å². The van der Waals surface area contributed by atoms with Crippen LogP contribution in [0.1, 0.15) is 44.6 Å². The van der Waals surface area contributed by atoms with Gasteiger partial charge >= 0.3 is 0 Å². The van der Waals surface area contributed by atoms with E-state index in [1.165, 1.54) is 31.2 Å². The second kappa shape index (κ2) is 5.69. The Balaban J connectivity index is 2.11. The minimum absolute atomic E-state index is 0.104. The molecule has 1 aliphatic rings. The van der Waals surface area contributed by atoms with Gasteiger partial charge in [-0.3, -0.25) is 14.9 Å². The van der Waals surface area contributed by atoms with E-state index in [9.17, 15) is 19.3 Å². The summed E-state index contributed by atoms with van der Waals surface area (Å²) >= 11 is 0. The van der Waals surface area contributed by atoms with Gasteiger partial charge in [0.1, 0.15) is 0 Å². The number of nitro benzene ring substituents is 1. The summed E-state index contributed by atoms with van der Waals surface area (Å²) in [7, 11) is 0.